The van der Waals surface area contributed by atoms with Crippen molar-refractivity contribution in [3.63, 3.8) is 0 Å². The van der Waals surface area contributed by atoms with Gasteiger partial charge in [0.05, 0.1) is 6.61 Å². The van der Waals surface area contributed by atoms with Crippen LogP contribution in [0, 0.1) is 5.92 Å². The van der Waals surface area contributed by atoms with Crippen molar-refractivity contribution in [1.82, 2.24) is 10.8 Å². The van der Waals surface area contributed by atoms with Crippen LogP contribution in [0.4, 0.5) is 4.79 Å². The highest BCUT2D eigenvalue weighted by atomic mass is 16.7. The van der Waals surface area contributed by atoms with E-state index in [-0.39, 0.29) is 12.5 Å². The molecule has 6 nitrogen and oxygen atoms in total. The van der Waals surface area contributed by atoms with Crippen LogP contribution < -0.4 is 10.8 Å². The molecule has 0 saturated heterocycles. The average Bonchev–Trinajstić information content (AvgIpc) is 2.43. The first kappa shape index (κ1) is 19.0. The summed E-state index contributed by atoms with van der Waals surface area (Å²) >= 11 is 0. The quantitative estimate of drug-likeness (QED) is 0.790. The molecular formula is C17H26N2O4. The van der Waals surface area contributed by atoms with Crippen LogP contribution in [0.15, 0.2) is 30.3 Å². The van der Waals surface area contributed by atoms with Crippen LogP contribution >= 0.6 is 0 Å². The van der Waals surface area contributed by atoms with Gasteiger partial charge in [-0.1, -0.05) is 44.2 Å². The maximum absolute atomic E-state index is 12.2. The van der Waals surface area contributed by atoms with Gasteiger partial charge in [-0.2, -0.15) is 0 Å². The molecule has 0 heterocycles. The molecule has 0 saturated carbocycles. The van der Waals surface area contributed by atoms with E-state index in [1.165, 1.54) is 0 Å². The topological polar surface area (TPSA) is 76.7 Å². The SMILES string of the molecule is CC(C)[C@@H](NC(=O)OC(C)(C)C)C(=O)NOCc1ccccc1. The summed E-state index contributed by atoms with van der Waals surface area (Å²) in [6, 6.07) is 8.74. The first-order valence-electron chi connectivity index (χ1n) is 7.64. The minimum atomic E-state index is -0.736. The average molecular weight is 322 g/mol. The molecule has 0 aromatic heterocycles. The predicted octanol–water partition coefficient (Wildman–Crippen LogP) is 2.78. The van der Waals surface area contributed by atoms with Crippen molar-refractivity contribution in [2.75, 3.05) is 0 Å². The number of ether oxygens (including phenoxy) is 1. The van der Waals surface area contributed by atoms with Gasteiger partial charge in [-0.05, 0) is 32.3 Å². The minimum absolute atomic E-state index is 0.108. The molecular weight excluding hydrogens is 296 g/mol. The smallest absolute Gasteiger partial charge is 0.408 e. The van der Waals surface area contributed by atoms with Crippen molar-refractivity contribution in [2.24, 2.45) is 5.92 Å². The molecule has 23 heavy (non-hydrogen) atoms. The summed E-state index contributed by atoms with van der Waals surface area (Å²) in [5, 5.41) is 2.57. The lowest BCUT2D eigenvalue weighted by Crippen LogP contribution is -2.50. The first-order valence-corrected chi connectivity index (χ1v) is 7.64. The van der Waals surface area contributed by atoms with E-state index in [4.69, 9.17) is 9.57 Å². The fraction of sp³-hybridized carbons (Fsp3) is 0.529. The molecule has 6 heteroatoms. The number of hydrogen-bond donors (Lipinski definition) is 2. The third-order valence-electron chi connectivity index (χ3n) is 2.88. The van der Waals surface area contributed by atoms with Gasteiger partial charge in [0.25, 0.3) is 5.91 Å². The molecule has 128 valence electrons. The third kappa shape index (κ3) is 7.65. The molecule has 0 aliphatic rings. The van der Waals surface area contributed by atoms with E-state index in [9.17, 15) is 9.59 Å². The molecule has 1 aromatic carbocycles. The van der Waals surface area contributed by atoms with Gasteiger partial charge in [0.2, 0.25) is 0 Å². The zero-order valence-electron chi connectivity index (χ0n) is 14.4. The molecule has 0 radical (unpaired) electrons. The Kier molecular flexibility index (Phi) is 7.03. The number of nitrogens with one attached hydrogen (secondary N) is 2. The summed E-state index contributed by atoms with van der Waals surface area (Å²) in [5.41, 5.74) is 2.69. The van der Waals surface area contributed by atoms with Crippen molar-refractivity contribution < 1.29 is 19.2 Å². The summed E-state index contributed by atoms with van der Waals surface area (Å²) < 4.78 is 5.17. The van der Waals surface area contributed by atoms with Crippen LogP contribution in [0.25, 0.3) is 0 Å². The molecule has 0 spiro atoms. The Morgan fingerprint density at radius 2 is 1.74 bits per heavy atom. The summed E-state index contributed by atoms with van der Waals surface area (Å²) in [6.07, 6.45) is -0.630. The van der Waals surface area contributed by atoms with Gasteiger partial charge in [-0.15, -0.1) is 0 Å². The normalized spacial score (nSPS) is 12.6. The van der Waals surface area contributed by atoms with Gasteiger partial charge in [-0.3, -0.25) is 9.63 Å². The summed E-state index contributed by atoms with van der Waals surface area (Å²) in [4.78, 5) is 29.2. The number of carbonyl (C=O) groups is 2. The number of alkyl carbamates (subject to hydrolysis) is 1. The van der Waals surface area contributed by atoms with Crippen LogP contribution in [0.3, 0.4) is 0 Å². The highest BCUT2D eigenvalue weighted by Gasteiger charge is 2.27. The van der Waals surface area contributed by atoms with Crippen LogP contribution in [0.5, 0.6) is 0 Å². The maximum Gasteiger partial charge on any atom is 0.408 e. The highest BCUT2D eigenvalue weighted by molar-refractivity contribution is 5.85. The Morgan fingerprint density at radius 1 is 1.13 bits per heavy atom. The van der Waals surface area contributed by atoms with Crippen LogP contribution in [-0.2, 0) is 21.0 Å². The molecule has 1 rings (SSSR count). The van der Waals surface area contributed by atoms with Crippen molar-refractivity contribution in [3.05, 3.63) is 35.9 Å². The molecule has 0 aliphatic carbocycles. The summed E-state index contributed by atoms with van der Waals surface area (Å²) in [6.45, 7) is 9.21. The molecule has 0 fully saturated rings. The maximum atomic E-state index is 12.2. The Hall–Kier alpha value is -2.08. The largest absolute Gasteiger partial charge is 0.444 e. The summed E-state index contributed by atoms with van der Waals surface area (Å²) in [7, 11) is 0. The van der Waals surface area contributed by atoms with E-state index in [2.05, 4.69) is 10.8 Å². The molecule has 0 unspecified atom stereocenters. The van der Waals surface area contributed by atoms with Crippen molar-refractivity contribution in [3.8, 4) is 0 Å². The fourth-order valence-electron chi connectivity index (χ4n) is 1.80. The van der Waals surface area contributed by atoms with Gasteiger partial charge in [0.15, 0.2) is 0 Å². The zero-order chi connectivity index (χ0) is 17.5. The van der Waals surface area contributed by atoms with Crippen molar-refractivity contribution in [2.45, 2.75) is 52.9 Å². The van der Waals surface area contributed by atoms with Gasteiger partial charge in [0, 0.05) is 0 Å². The van der Waals surface area contributed by atoms with Crippen LogP contribution in [-0.4, -0.2) is 23.6 Å². The second-order valence-corrected chi connectivity index (χ2v) is 6.61. The van der Waals surface area contributed by atoms with Gasteiger partial charge >= 0.3 is 6.09 Å². The third-order valence-corrected chi connectivity index (χ3v) is 2.88. The number of carbonyl (C=O) groups excluding carboxylic acids is 2. The molecule has 1 aromatic rings. The minimum Gasteiger partial charge on any atom is -0.444 e. The van der Waals surface area contributed by atoms with E-state index in [1.807, 2.05) is 44.2 Å². The molecule has 0 aliphatic heterocycles. The van der Waals surface area contributed by atoms with E-state index in [0.717, 1.165) is 5.56 Å². The van der Waals surface area contributed by atoms with Crippen LogP contribution in [0.1, 0.15) is 40.2 Å². The number of amides is 2. The summed E-state index contributed by atoms with van der Waals surface area (Å²) in [5.74, 6) is -0.523. The fourth-order valence-corrected chi connectivity index (χ4v) is 1.80. The zero-order valence-corrected chi connectivity index (χ0v) is 14.4. The van der Waals surface area contributed by atoms with Gasteiger partial charge < -0.3 is 10.1 Å². The van der Waals surface area contributed by atoms with Gasteiger partial charge in [0.1, 0.15) is 11.6 Å². The second-order valence-electron chi connectivity index (χ2n) is 6.61. The standard InChI is InChI=1S/C17H26N2O4/c1-12(2)14(18-16(21)23-17(3,4)5)15(20)19-22-11-13-9-7-6-8-10-13/h6-10,12,14H,11H2,1-5H3,(H,18,21)(H,19,20)/t14-/m1/s1. The van der Waals surface area contributed by atoms with Crippen LogP contribution in [0.2, 0.25) is 0 Å². The number of rotatable bonds is 6. The monoisotopic (exact) mass is 322 g/mol. The van der Waals surface area contributed by atoms with E-state index >= 15 is 0 Å². The molecule has 2 amide bonds. The molecule has 1 atom stereocenters. The van der Waals surface area contributed by atoms with E-state index < -0.39 is 23.6 Å². The Labute approximate surface area is 137 Å². The first-order chi connectivity index (χ1) is 10.7. The highest BCUT2D eigenvalue weighted by Crippen LogP contribution is 2.09. The Bertz CT molecular complexity index is 509. The van der Waals surface area contributed by atoms with Crippen molar-refractivity contribution >= 4 is 12.0 Å². The lowest BCUT2D eigenvalue weighted by Gasteiger charge is -2.25. The Balaban J connectivity index is 2.49. The van der Waals surface area contributed by atoms with E-state index in [0.29, 0.717) is 0 Å². The number of hydrogen-bond acceptors (Lipinski definition) is 4. The van der Waals surface area contributed by atoms with E-state index in [1.54, 1.807) is 20.8 Å². The predicted molar refractivity (Wildman–Crippen MR) is 87.4 cm³/mol. The lowest BCUT2D eigenvalue weighted by atomic mass is 10.0. The number of hydroxylamine groups is 1. The lowest BCUT2D eigenvalue weighted by molar-refractivity contribution is -0.137. The molecule has 0 bridgehead atoms. The van der Waals surface area contributed by atoms with Crippen molar-refractivity contribution in [1.29, 1.82) is 0 Å². The second kappa shape index (κ2) is 8.53. The Morgan fingerprint density at radius 3 is 2.26 bits per heavy atom. The molecule has 2 N–H and O–H groups in total. The van der Waals surface area contributed by atoms with Gasteiger partial charge in [-0.25, -0.2) is 10.3 Å². The number of benzene rings is 1.